The van der Waals surface area contributed by atoms with Gasteiger partial charge in [-0.3, -0.25) is 4.79 Å². The molecule has 2 saturated heterocycles. The average Bonchev–Trinajstić information content (AvgIpc) is 3.38. The van der Waals surface area contributed by atoms with Crippen LogP contribution in [0, 0.1) is 17.7 Å². The van der Waals surface area contributed by atoms with Crippen molar-refractivity contribution in [2.24, 2.45) is 11.8 Å². The molecule has 0 N–H and O–H groups in total. The van der Waals surface area contributed by atoms with Crippen LogP contribution in [-0.4, -0.2) is 86.4 Å². The van der Waals surface area contributed by atoms with Crippen LogP contribution in [0.1, 0.15) is 27.2 Å². The molecule has 2 amide bonds. The van der Waals surface area contributed by atoms with Crippen molar-refractivity contribution in [1.82, 2.24) is 14.8 Å². The number of carbonyl (C=O) groups is 2. The van der Waals surface area contributed by atoms with Gasteiger partial charge in [-0.05, 0) is 69.5 Å². The molecule has 5 rings (SSSR count). The van der Waals surface area contributed by atoms with E-state index in [0.717, 1.165) is 36.5 Å². The second-order valence-electron chi connectivity index (χ2n) is 12.1. The van der Waals surface area contributed by atoms with Gasteiger partial charge in [0.2, 0.25) is 5.91 Å². The van der Waals surface area contributed by atoms with Crippen molar-refractivity contribution in [3.8, 4) is 22.8 Å². The molecule has 0 spiro atoms. The van der Waals surface area contributed by atoms with Crippen molar-refractivity contribution in [2.45, 2.75) is 32.8 Å². The maximum absolute atomic E-state index is 14.9. The fourth-order valence-corrected chi connectivity index (χ4v) is 5.62. The topological polar surface area (TPSA) is 84.4 Å². The molecule has 2 aliphatic heterocycles. The number of carbonyl (C=O) groups excluding carboxylic acids is 2. The largest absolute Gasteiger partial charge is 0.494 e. The molecule has 3 heterocycles. The second-order valence-corrected chi connectivity index (χ2v) is 12.1. The number of fused-ring (bicyclic) bond motifs is 2. The zero-order valence-corrected chi connectivity index (χ0v) is 25.1. The van der Waals surface area contributed by atoms with Crippen LogP contribution in [0.25, 0.3) is 22.2 Å². The van der Waals surface area contributed by atoms with Gasteiger partial charge in [0, 0.05) is 56.4 Å². The number of anilines is 1. The van der Waals surface area contributed by atoms with Crippen molar-refractivity contribution < 1.29 is 28.2 Å². The predicted molar refractivity (Wildman–Crippen MR) is 159 cm³/mol. The van der Waals surface area contributed by atoms with Crippen LogP contribution in [0.15, 0.2) is 42.5 Å². The summed E-state index contributed by atoms with van der Waals surface area (Å²) in [6.45, 7) is 8.26. The molecule has 0 saturated carbocycles. The molecule has 10 heteroatoms. The van der Waals surface area contributed by atoms with E-state index in [1.54, 1.807) is 13.1 Å². The summed E-state index contributed by atoms with van der Waals surface area (Å²) in [5, 5.41) is 0.686. The van der Waals surface area contributed by atoms with E-state index in [4.69, 9.17) is 19.2 Å². The summed E-state index contributed by atoms with van der Waals surface area (Å²) in [5.41, 5.74) is 2.50. The Kier molecular flexibility index (Phi) is 8.17. The van der Waals surface area contributed by atoms with Crippen LogP contribution in [-0.2, 0) is 9.53 Å². The number of aromatic nitrogens is 1. The van der Waals surface area contributed by atoms with Crippen LogP contribution in [0.3, 0.4) is 0 Å². The molecule has 0 radical (unpaired) electrons. The highest BCUT2D eigenvalue weighted by Gasteiger charge is 2.42. The Morgan fingerprint density at radius 2 is 1.88 bits per heavy atom. The van der Waals surface area contributed by atoms with Crippen molar-refractivity contribution >= 4 is 28.6 Å². The molecule has 1 aromatic heterocycles. The van der Waals surface area contributed by atoms with Crippen LogP contribution >= 0.6 is 0 Å². The van der Waals surface area contributed by atoms with Gasteiger partial charge in [0.15, 0.2) is 11.6 Å². The Bertz CT molecular complexity index is 1470. The number of halogens is 1. The average molecular weight is 579 g/mol. The van der Waals surface area contributed by atoms with Gasteiger partial charge in [-0.2, -0.15) is 0 Å². The van der Waals surface area contributed by atoms with Crippen LogP contribution in [0.4, 0.5) is 14.9 Å². The van der Waals surface area contributed by atoms with Crippen molar-refractivity contribution in [1.29, 1.82) is 0 Å². The van der Waals surface area contributed by atoms with E-state index in [1.807, 2.05) is 63.1 Å². The first-order valence-corrected chi connectivity index (χ1v) is 14.3. The minimum Gasteiger partial charge on any atom is -0.494 e. The van der Waals surface area contributed by atoms with Gasteiger partial charge in [0.1, 0.15) is 18.0 Å². The third kappa shape index (κ3) is 6.22. The quantitative estimate of drug-likeness (QED) is 0.381. The number of methoxy groups -OCH3 is 1. The predicted octanol–water partition coefficient (Wildman–Crippen LogP) is 5.21. The minimum absolute atomic E-state index is 0.0655. The number of benzene rings is 2. The zero-order chi connectivity index (χ0) is 30.2. The highest BCUT2D eigenvalue weighted by molar-refractivity contribution is 5.96. The Morgan fingerprint density at radius 1 is 1.14 bits per heavy atom. The Labute approximate surface area is 246 Å². The smallest absolute Gasteiger partial charge is 0.410 e. The molecule has 3 aromatic rings. The third-order valence-corrected chi connectivity index (χ3v) is 7.92. The van der Waals surface area contributed by atoms with E-state index in [1.165, 1.54) is 18.1 Å². The Morgan fingerprint density at radius 3 is 2.57 bits per heavy atom. The number of ether oxygens (including phenoxy) is 3. The lowest BCUT2D eigenvalue weighted by Crippen LogP contribution is -2.42. The first-order chi connectivity index (χ1) is 19.9. The Hall–Kier alpha value is -4.08. The van der Waals surface area contributed by atoms with E-state index in [9.17, 15) is 14.0 Å². The number of likely N-dealkylation sites (tertiary alicyclic amines) is 1. The molecule has 0 bridgehead atoms. The zero-order valence-electron chi connectivity index (χ0n) is 25.1. The summed E-state index contributed by atoms with van der Waals surface area (Å²) in [6, 6.07) is 12.6. The summed E-state index contributed by atoms with van der Waals surface area (Å²) in [4.78, 5) is 35.4. The molecular weight excluding hydrogens is 539 g/mol. The van der Waals surface area contributed by atoms with Crippen LogP contribution < -0.4 is 14.4 Å². The standard InChI is InChI=1S/C32H39FN4O5/c1-32(2,3)42-31(39)36(5)13-14-41-22-9-7-20(8-10-22)26-16-28(23-15-25(33)29(40-6)17-27(23)34-26)37-18-21-11-12-35(4)30(38)24(21)19-37/h7-10,15-17,21,24H,11-14,18-19H2,1-6H3/t21-,24+/m0/s1. The molecular formula is C32H39FN4O5. The lowest BCUT2D eigenvalue weighted by Gasteiger charge is -2.30. The highest BCUT2D eigenvalue weighted by atomic mass is 19.1. The number of likely N-dealkylation sites (N-methyl/N-ethyl adjacent to an activating group) is 1. The van der Waals surface area contributed by atoms with Gasteiger partial charge in [-0.1, -0.05) is 0 Å². The van der Waals surface area contributed by atoms with Crippen LogP contribution in [0.2, 0.25) is 0 Å². The Balaban J connectivity index is 1.37. The maximum Gasteiger partial charge on any atom is 0.410 e. The van der Waals surface area contributed by atoms with Gasteiger partial charge in [0.25, 0.3) is 0 Å². The van der Waals surface area contributed by atoms with Gasteiger partial charge in [0.05, 0.1) is 30.8 Å². The van der Waals surface area contributed by atoms with Crippen molar-refractivity contribution in [2.75, 3.05) is 58.9 Å². The highest BCUT2D eigenvalue weighted by Crippen LogP contribution is 2.40. The van der Waals surface area contributed by atoms with Crippen molar-refractivity contribution in [3.05, 3.63) is 48.3 Å². The van der Waals surface area contributed by atoms with Gasteiger partial charge >= 0.3 is 6.09 Å². The monoisotopic (exact) mass is 578 g/mol. The van der Waals surface area contributed by atoms with Gasteiger partial charge in [-0.25, -0.2) is 14.2 Å². The number of nitrogens with zero attached hydrogens (tertiary/aromatic N) is 4. The number of piperidine rings is 1. The van der Waals surface area contributed by atoms with E-state index in [0.29, 0.717) is 36.3 Å². The molecule has 0 unspecified atom stereocenters. The first kappa shape index (κ1) is 29.4. The number of pyridine rings is 1. The summed E-state index contributed by atoms with van der Waals surface area (Å²) in [7, 11) is 4.97. The van der Waals surface area contributed by atoms with E-state index < -0.39 is 17.5 Å². The van der Waals surface area contributed by atoms with Gasteiger partial charge < -0.3 is 28.9 Å². The number of hydrogen-bond donors (Lipinski definition) is 0. The lowest BCUT2D eigenvalue weighted by molar-refractivity contribution is -0.137. The minimum atomic E-state index is -0.556. The first-order valence-electron chi connectivity index (χ1n) is 14.3. The van der Waals surface area contributed by atoms with E-state index >= 15 is 0 Å². The SMILES string of the molecule is COc1cc2nc(-c3ccc(OCCN(C)C(=O)OC(C)(C)C)cc3)cc(N3C[C@@H]4CCN(C)C(=O)[C@@H]4C3)c2cc1F. The van der Waals surface area contributed by atoms with Crippen molar-refractivity contribution in [3.63, 3.8) is 0 Å². The summed E-state index contributed by atoms with van der Waals surface area (Å²) < 4.78 is 31.3. The summed E-state index contributed by atoms with van der Waals surface area (Å²) >= 11 is 0. The lowest BCUT2D eigenvalue weighted by atomic mass is 9.88. The summed E-state index contributed by atoms with van der Waals surface area (Å²) in [5.74, 6) is 0.719. The molecule has 0 aliphatic carbocycles. The number of amides is 2. The molecule has 224 valence electrons. The second kappa shape index (κ2) is 11.7. The molecule has 2 aliphatic rings. The normalized spacial score (nSPS) is 18.7. The molecule has 2 aromatic carbocycles. The molecule has 42 heavy (non-hydrogen) atoms. The fraction of sp³-hybridized carbons (Fsp3) is 0.469. The molecule has 9 nitrogen and oxygen atoms in total. The van der Waals surface area contributed by atoms with E-state index in [-0.39, 0.29) is 23.5 Å². The van der Waals surface area contributed by atoms with Crippen LogP contribution in [0.5, 0.6) is 11.5 Å². The number of hydrogen-bond acceptors (Lipinski definition) is 7. The maximum atomic E-state index is 14.9. The van der Waals surface area contributed by atoms with E-state index in [2.05, 4.69) is 4.90 Å². The molecule has 2 fully saturated rings. The molecule has 2 atom stereocenters. The fourth-order valence-electron chi connectivity index (χ4n) is 5.62. The number of rotatable bonds is 7. The summed E-state index contributed by atoms with van der Waals surface area (Å²) in [6.07, 6.45) is 0.557. The third-order valence-electron chi connectivity index (χ3n) is 7.92. The van der Waals surface area contributed by atoms with Gasteiger partial charge in [-0.15, -0.1) is 0 Å².